The highest BCUT2D eigenvalue weighted by molar-refractivity contribution is 9.10. The number of anilines is 1. The van der Waals surface area contributed by atoms with Crippen molar-refractivity contribution in [3.05, 3.63) is 64.6 Å². The number of nitrogens with zero attached hydrogens (tertiary/aromatic N) is 3. The average Bonchev–Trinajstić information content (AvgIpc) is 3.15. The van der Waals surface area contributed by atoms with Crippen molar-refractivity contribution in [1.82, 2.24) is 15.0 Å². The molecule has 5 rings (SSSR count). The summed E-state index contributed by atoms with van der Waals surface area (Å²) in [6, 6.07) is 17.9. The minimum atomic E-state index is 0.239. The third-order valence-electron chi connectivity index (χ3n) is 4.63. The number of benzene rings is 2. The van der Waals surface area contributed by atoms with E-state index in [0.29, 0.717) is 6.61 Å². The van der Waals surface area contributed by atoms with Gasteiger partial charge in [0.1, 0.15) is 17.0 Å². The lowest BCUT2D eigenvalue weighted by atomic mass is 10.0. The normalized spacial score (nSPS) is 12.8. The highest BCUT2D eigenvalue weighted by Gasteiger charge is 2.20. The van der Waals surface area contributed by atoms with Crippen molar-refractivity contribution in [2.24, 2.45) is 0 Å². The molecule has 0 bridgehead atoms. The van der Waals surface area contributed by atoms with Gasteiger partial charge in [0.2, 0.25) is 5.95 Å². The second-order valence-corrected chi connectivity index (χ2v) is 7.32. The summed E-state index contributed by atoms with van der Waals surface area (Å²) in [5.74, 6) is 1.14. The van der Waals surface area contributed by atoms with Crippen LogP contribution in [0.3, 0.4) is 0 Å². The van der Waals surface area contributed by atoms with Gasteiger partial charge >= 0.3 is 0 Å². The summed E-state index contributed by atoms with van der Waals surface area (Å²) in [6.45, 7) is 0.696. The first-order chi connectivity index (χ1) is 13.2. The van der Waals surface area contributed by atoms with Crippen molar-refractivity contribution < 1.29 is 4.74 Å². The molecule has 0 atom stereocenters. The lowest BCUT2D eigenvalue weighted by molar-refractivity contribution is 0.358. The molecule has 27 heavy (non-hydrogen) atoms. The number of rotatable bonds is 2. The van der Waals surface area contributed by atoms with Gasteiger partial charge in [-0.15, -0.1) is 0 Å². The first kappa shape index (κ1) is 16.2. The summed E-state index contributed by atoms with van der Waals surface area (Å²) in [6.07, 6.45) is 0.907. The molecule has 0 saturated carbocycles. The smallest absolute Gasteiger partial charge is 0.221 e. The minimum absolute atomic E-state index is 0.239. The molecule has 0 radical (unpaired) electrons. The Morgan fingerprint density at radius 1 is 0.963 bits per heavy atom. The minimum Gasteiger partial charge on any atom is -0.492 e. The van der Waals surface area contributed by atoms with Crippen LogP contribution in [0.5, 0.6) is 5.75 Å². The topological polar surface area (TPSA) is 73.9 Å². The number of nitrogens with two attached hydrogens (primary N) is 1. The van der Waals surface area contributed by atoms with Gasteiger partial charge in [-0.05, 0) is 29.8 Å². The van der Waals surface area contributed by atoms with Gasteiger partial charge in [-0.2, -0.15) is 0 Å². The van der Waals surface area contributed by atoms with Crippen LogP contribution in [-0.4, -0.2) is 21.6 Å². The maximum atomic E-state index is 5.93. The van der Waals surface area contributed by atoms with E-state index >= 15 is 0 Å². The Kier molecular flexibility index (Phi) is 3.79. The van der Waals surface area contributed by atoms with Crippen LogP contribution in [-0.2, 0) is 6.42 Å². The Bertz CT molecular complexity index is 1180. The highest BCUT2D eigenvalue weighted by atomic mass is 79.9. The molecular weight excluding hydrogens is 404 g/mol. The van der Waals surface area contributed by atoms with Crippen molar-refractivity contribution in [2.75, 3.05) is 12.3 Å². The number of pyridine rings is 1. The average molecular weight is 419 g/mol. The second kappa shape index (κ2) is 6.32. The summed E-state index contributed by atoms with van der Waals surface area (Å²) >= 11 is 3.60. The van der Waals surface area contributed by atoms with Crippen molar-refractivity contribution >= 4 is 32.9 Å². The van der Waals surface area contributed by atoms with E-state index in [1.807, 2.05) is 48.5 Å². The van der Waals surface area contributed by atoms with E-state index in [2.05, 4.69) is 32.0 Å². The summed E-state index contributed by atoms with van der Waals surface area (Å²) < 4.78 is 6.89. The van der Waals surface area contributed by atoms with Gasteiger partial charge in [-0.25, -0.2) is 15.0 Å². The summed E-state index contributed by atoms with van der Waals surface area (Å²) in [7, 11) is 0. The van der Waals surface area contributed by atoms with E-state index in [9.17, 15) is 0 Å². The third-order valence-corrected chi connectivity index (χ3v) is 5.09. The SMILES string of the molecule is Nc1nc(-c2ccccc2)c2nc(-c3cc(Br)cc4c3OCC4)ccc2n1. The molecule has 0 spiro atoms. The lowest BCUT2D eigenvalue weighted by Gasteiger charge is -2.11. The zero-order valence-electron chi connectivity index (χ0n) is 14.3. The molecule has 1 aliphatic heterocycles. The van der Waals surface area contributed by atoms with Crippen LogP contribution in [0, 0.1) is 0 Å². The Balaban J connectivity index is 1.77. The summed E-state index contributed by atoms with van der Waals surface area (Å²) in [5.41, 5.74) is 12.0. The molecule has 1 aliphatic rings. The first-order valence-corrected chi connectivity index (χ1v) is 9.43. The molecule has 0 aliphatic carbocycles. The standard InChI is InChI=1S/C21H15BrN4O/c22-14-10-13-8-9-27-20(13)15(11-14)16-6-7-17-19(24-16)18(26-21(23)25-17)12-4-2-1-3-5-12/h1-7,10-11H,8-9H2,(H2,23,25,26). The highest BCUT2D eigenvalue weighted by Crippen LogP contribution is 2.39. The van der Waals surface area contributed by atoms with E-state index in [-0.39, 0.29) is 5.95 Å². The fraction of sp³-hybridized carbons (Fsp3) is 0.0952. The Hall–Kier alpha value is -2.99. The fourth-order valence-corrected chi connectivity index (χ4v) is 3.94. The fourth-order valence-electron chi connectivity index (χ4n) is 3.44. The molecule has 6 heteroatoms. The van der Waals surface area contributed by atoms with Crippen LogP contribution in [0.4, 0.5) is 5.95 Å². The van der Waals surface area contributed by atoms with Crippen LogP contribution < -0.4 is 10.5 Å². The Labute approximate surface area is 164 Å². The van der Waals surface area contributed by atoms with Crippen LogP contribution in [0.2, 0.25) is 0 Å². The van der Waals surface area contributed by atoms with E-state index in [0.717, 1.165) is 50.2 Å². The monoisotopic (exact) mass is 418 g/mol. The maximum Gasteiger partial charge on any atom is 0.221 e. The zero-order chi connectivity index (χ0) is 18.4. The Morgan fingerprint density at radius 3 is 2.67 bits per heavy atom. The van der Waals surface area contributed by atoms with Gasteiger partial charge in [-0.3, -0.25) is 0 Å². The van der Waals surface area contributed by atoms with Crippen LogP contribution in [0.25, 0.3) is 33.5 Å². The van der Waals surface area contributed by atoms with Crippen LogP contribution >= 0.6 is 15.9 Å². The van der Waals surface area contributed by atoms with E-state index in [4.69, 9.17) is 15.5 Å². The number of hydrogen-bond acceptors (Lipinski definition) is 5. The molecule has 0 unspecified atom stereocenters. The molecule has 3 heterocycles. The van der Waals surface area contributed by atoms with E-state index in [1.54, 1.807) is 0 Å². The molecule has 2 aromatic carbocycles. The van der Waals surface area contributed by atoms with Gasteiger partial charge in [0.25, 0.3) is 0 Å². The molecular formula is C21H15BrN4O. The van der Waals surface area contributed by atoms with Crippen molar-refractivity contribution in [1.29, 1.82) is 0 Å². The Morgan fingerprint density at radius 2 is 1.81 bits per heavy atom. The number of nitrogen functional groups attached to an aromatic ring is 1. The second-order valence-electron chi connectivity index (χ2n) is 6.40. The lowest BCUT2D eigenvalue weighted by Crippen LogP contribution is -2.00. The van der Waals surface area contributed by atoms with Crippen molar-refractivity contribution in [2.45, 2.75) is 6.42 Å². The predicted molar refractivity (Wildman–Crippen MR) is 110 cm³/mol. The zero-order valence-corrected chi connectivity index (χ0v) is 15.9. The van der Waals surface area contributed by atoms with Gasteiger partial charge in [-0.1, -0.05) is 46.3 Å². The molecule has 132 valence electrons. The number of halogens is 1. The molecule has 2 aromatic heterocycles. The van der Waals surface area contributed by atoms with Crippen LogP contribution in [0.15, 0.2) is 59.1 Å². The van der Waals surface area contributed by atoms with Gasteiger partial charge in [0.05, 0.1) is 17.8 Å². The van der Waals surface area contributed by atoms with Crippen molar-refractivity contribution in [3.63, 3.8) is 0 Å². The van der Waals surface area contributed by atoms with Gasteiger partial charge < -0.3 is 10.5 Å². The van der Waals surface area contributed by atoms with Gasteiger partial charge in [0, 0.05) is 22.0 Å². The predicted octanol–water partition coefficient (Wildman–Crippen LogP) is 4.64. The number of aromatic nitrogens is 3. The number of hydrogen-bond donors (Lipinski definition) is 1. The molecule has 0 amide bonds. The van der Waals surface area contributed by atoms with E-state index in [1.165, 1.54) is 5.56 Å². The van der Waals surface area contributed by atoms with Crippen LogP contribution in [0.1, 0.15) is 5.56 Å². The van der Waals surface area contributed by atoms with E-state index < -0.39 is 0 Å². The molecule has 0 fully saturated rings. The van der Waals surface area contributed by atoms with Gasteiger partial charge in [0.15, 0.2) is 0 Å². The largest absolute Gasteiger partial charge is 0.492 e. The van der Waals surface area contributed by atoms with Crippen molar-refractivity contribution in [3.8, 4) is 28.3 Å². The number of fused-ring (bicyclic) bond motifs is 2. The molecule has 0 saturated heterocycles. The number of ether oxygens (including phenoxy) is 1. The first-order valence-electron chi connectivity index (χ1n) is 8.64. The third kappa shape index (κ3) is 2.82. The molecule has 2 N–H and O–H groups in total. The molecule has 4 aromatic rings. The molecule has 5 nitrogen and oxygen atoms in total. The maximum absolute atomic E-state index is 5.93. The quantitative estimate of drug-likeness (QED) is 0.513. The summed E-state index contributed by atoms with van der Waals surface area (Å²) in [5, 5.41) is 0. The summed E-state index contributed by atoms with van der Waals surface area (Å²) in [4.78, 5) is 13.7.